The first-order valence-corrected chi connectivity index (χ1v) is 4.77. The van der Waals surface area contributed by atoms with E-state index in [9.17, 15) is 9.18 Å². The Balaban J connectivity index is 2.33. The van der Waals surface area contributed by atoms with Crippen molar-refractivity contribution < 1.29 is 9.18 Å². The molecule has 1 heterocycles. The van der Waals surface area contributed by atoms with Gasteiger partial charge in [0.15, 0.2) is 0 Å². The van der Waals surface area contributed by atoms with Crippen molar-refractivity contribution in [2.45, 2.75) is 32.4 Å². The third-order valence-corrected chi connectivity index (χ3v) is 2.24. The van der Waals surface area contributed by atoms with Crippen molar-refractivity contribution in [2.24, 2.45) is 0 Å². The Bertz CT molecular complexity index is 194. The van der Waals surface area contributed by atoms with Crippen molar-refractivity contribution in [1.82, 2.24) is 10.2 Å². The van der Waals surface area contributed by atoms with E-state index in [1.54, 1.807) is 6.92 Å². The lowest BCUT2D eigenvalue weighted by atomic mass is 10.1. The Morgan fingerprint density at radius 2 is 2.38 bits per heavy atom. The molecule has 1 rings (SSSR count). The van der Waals surface area contributed by atoms with Gasteiger partial charge < -0.3 is 10.2 Å². The zero-order valence-corrected chi connectivity index (χ0v) is 8.27. The number of hydrogen-bond donors (Lipinski definition) is 1. The zero-order valence-electron chi connectivity index (χ0n) is 8.27. The summed E-state index contributed by atoms with van der Waals surface area (Å²) in [6.45, 7) is 4.95. The van der Waals surface area contributed by atoms with Gasteiger partial charge in [-0.1, -0.05) is 6.92 Å². The number of likely N-dealkylation sites (tertiary alicyclic amines) is 1. The van der Waals surface area contributed by atoms with E-state index in [-0.39, 0.29) is 12.6 Å². The minimum atomic E-state index is -1.19. The van der Waals surface area contributed by atoms with E-state index < -0.39 is 5.67 Å². The van der Waals surface area contributed by atoms with E-state index >= 15 is 0 Å². The summed E-state index contributed by atoms with van der Waals surface area (Å²) >= 11 is 0. The third kappa shape index (κ3) is 2.86. The standard InChI is InChI=1S/C9H17FN2O/c1-3-5-11-8(13)12-6-4-9(2,10)7-12/h3-7H2,1-2H3,(H,11,13). The van der Waals surface area contributed by atoms with E-state index in [1.807, 2.05) is 6.92 Å². The van der Waals surface area contributed by atoms with Gasteiger partial charge in [0.1, 0.15) is 5.67 Å². The number of nitrogens with zero attached hydrogens (tertiary/aromatic N) is 1. The fourth-order valence-electron chi connectivity index (χ4n) is 1.44. The van der Waals surface area contributed by atoms with Crippen molar-refractivity contribution in [3.8, 4) is 0 Å². The smallest absolute Gasteiger partial charge is 0.317 e. The molecule has 0 saturated carbocycles. The van der Waals surface area contributed by atoms with Gasteiger partial charge in [-0.2, -0.15) is 0 Å². The fourth-order valence-corrected chi connectivity index (χ4v) is 1.44. The summed E-state index contributed by atoms with van der Waals surface area (Å²) in [6.07, 6.45) is 1.36. The van der Waals surface area contributed by atoms with Gasteiger partial charge in [-0.15, -0.1) is 0 Å². The Morgan fingerprint density at radius 3 is 2.85 bits per heavy atom. The van der Waals surface area contributed by atoms with Gasteiger partial charge in [-0.25, -0.2) is 9.18 Å². The Hall–Kier alpha value is -0.800. The summed E-state index contributed by atoms with van der Waals surface area (Å²) in [5, 5.41) is 2.73. The monoisotopic (exact) mass is 188 g/mol. The van der Waals surface area contributed by atoms with Gasteiger partial charge in [0.25, 0.3) is 0 Å². The van der Waals surface area contributed by atoms with E-state index in [1.165, 1.54) is 4.90 Å². The summed E-state index contributed by atoms with van der Waals surface area (Å²) in [7, 11) is 0. The van der Waals surface area contributed by atoms with Crippen LogP contribution in [-0.4, -0.2) is 36.2 Å². The van der Waals surface area contributed by atoms with Gasteiger partial charge in [-0.3, -0.25) is 0 Å². The molecule has 1 aliphatic rings. The molecule has 13 heavy (non-hydrogen) atoms. The molecule has 0 aromatic heterocycles. The largest absolute Gasteiger partial charge is 0.338 e. The Morgan fingerprint density at radius 1 is 1.69 bits per heavy atom. The molecule has 4 heteroatoms. The predicted molar refractivity (Wildman–Crippen MR) is 49.4 cm³/mol. The number of alkyl halides is 1. The van der Waals surface area contributed by atoms with Crippen molar-refractivity contribution in [1.29, 1.82) is 0 Å². The molecular formula is C9H17FN2O. The van der Waals surface area contributed by atoms with Crippen LogP contribution >= 0.6 is 0 Å². The van der Waals surface area contributed by atoms with Gasteiger partial charge >= 0.3 is 6.03 Å². The molecule has 76 valence electrons. The molecule has 1 unspecified atom stereocenters. The summed E-state index contributed by atoms with van der Waals surface area (Å²) in [5.41, 5.74) is -1.19. The van der Waals surface area contributed by atoms with Crippen molar-refractivity contribution >= 4 is 6.03 Å². The molecule has 0 aromatic rings. The summed E-state index contributed by atoms with van der Waals surface area (Å²) in [5.74, 6) is 0. The van der Waals surface area contributed by atoms with Gasteiger partial charge in [-0.05, 0) is 13.3 Å². The second kappa shape index (κ2) is 3.94. The first-order valence-electron chi connectivity index (χ1n) is 4.77. The second-order valence-electron chi connectivity index (χ2n) is 3.82. The average Bonchev–Trinajstić information content (AvgIpc) is 2.42. The minimum Gasteiger partial charge on any atom is -0.338 e. The number of urea groups is 1. The molecule has 0 spiro atoms. The number of nitrogens with one attached hydrogen (secondary N) is 1. The topological polar surface area (TPSA) is 32.3 Å². The van der Waals surface area contributed by atoms with Crippen LogP contribution in [0.3, 0.4) is 0 Å². The fraction of sp³-hybridized carbons (Fsp3) is 0.889. The van der Waals surface area contributed by atoms with Crippen LogP contribution in [-0.2, 0) is 0 Å². The summed E-state index contributed by atoms with van der Waals surface area (Å²) < 4.78 is 13.3. The molecule has 1 atom stereocenters. The highest BCUT2D eigenvalue weighted by Gasteiger charge is 2.35. The summed E-state index contributed by atoms with van der Waals surface area (Å²) in [4.78, 5) is 12.9. The molecule has 1 aliphatic heterocycles. The van der Waals surface area contributed by atoms with Crippen molar-refractivity contribution in [3.63, 3.8) is 0 Å². The first-order chi connectivity index (χ1) is 6.05. The third-order valence-electron chi connectivity index (χ3n) is 2.24. The van der Waals surface area contributed by atoms with Gasteiger partial charge in [0.2, 0.25) is 0 Å². The maximum Gasteiger partial charge on any atom is 0.317 e. The summed E-state index contributed by atoms with van der Waals surface area (Å²) in [6, 6.07) is -0.136. The lowest BCUT2D eigenvalue weighted by Gasteiger charge is -2.17. The molecule has 0 bridgehead atoms. The van der Waals surface area contributed by atoms with Gasteiger partial charge in [0.05, 0.1) is 6.54 Å². The van der Waals surface area contributed by atoms with Crippen LogP contribution < -0.4 is 5.32 Å². The minimum absolute atomic E-state index is 0.136. The molecule has 0 aromatic carbocycles. The van der Waals surface area contributed by atoms with Crippen LogP contribution in [0.4, 0.5) is 9.18 Å². The molecule has 0 aliphatic carbocycles. The highest BCUT2D eigenvalue weighted by molar-refractivity contribution is 5.74. The van der Waals surface area contributed by atoms with Crippen molar-refractivity contribution in [2.75, 3.05) is 19.6 Å². The Kier molecular flexibility index (Phi) is 3.12. The van der Waals surface area contributed by atoms with Crippen LogP contribution in [0, 0.1) is 0 Å². The predicted octanol–water partition coefficient (Wildman–Crippen LogP) is 1.54. The molecule has 1 fully saturated rings. The number of amides is 2. The first kappa shape index (κ1) is 10.3. The number of hydrogen-bond acceptors (Lipinski definition) is 1. The highest BCUT2D eigenvalue weighted by atomic mass is 19.1. The van der Waals surface area contributed by atoms with E-state index in [0.717, 1.165) is 6.42 Å². The van der Waals surface area contributed by atoms with Crippen LogP contribution in [0.25, 0.3) is 0 Å². The van der Waals surface area contributed by atoms with Crippen LogP contribution in [0.5, 0.6) is 0 Å². The maximum atomic E-state index is 13.3. The molecule has 0 radical (unpaired) electrons. The zero-order chi connectivity index (χ0) is 9.90. The quantitative estimate of drug-likeness (QED) is 0.700. The Labute approximate surface area is 78.3 Å². The van der Waals surface area contributed by atoms with Gasteiger partial charge in [0, 0.05) is 19.5 Å². The maximum absolute atomic E-state index is 13.3. The number of carbonyl (C=O) groups excluding carboxylic acids is 1. The lowest BCUT2D eigenvalue weighted by molar-refractivity contribution is 0.179. The molecular weight excluding hydrogens is 171 g/mol. The molecule has 3 nitrogen and oxygen atoms in total. The number of halogens is 1. The van der Waals surface area contributed by atoms with Crippen LogP contribution in [0.1, 0.15) is 26.7 Å². The second-order valence-corrected chi connectivity index (χ2v) is 3.82. The SMILES string of the molecule is CCCNC(=O)N1CCC(C)(F)C1. The number of carbonyl (C=O) groups is 1. The van der Waals surface area contributed by atoms with E-state index in [2.05, 4.69) is 5.32 Å². The highest BCUT2D eigenvalue weighted by Crippen LogP contribution is 2.24. The van der Waals surface area contributed by atoms with E-state index in [4.69, 9.17) is 0 Å². The lowest BCUT2D eigenvalue weighted by Crippen LogP contribution is -2.40. The normalized spacial score (nSPS) is 27.8. The van der Waals surface area contributed by atoms with Crippen molar-refractivity contribution in [3.05, 3.63) is 0 Å². The molecule has 1 N–H and O–H groups in total. The average molecular weight is 188 g/mol. The molecule has 2 amide bonds. The number of rotatable bonds is 2. The van der Waals surface area contributed by atoms with Crippen LogP contribution in [0.15, 0.2) is 0 Å². The van der Waals surface area contributed by atoms with Crippen LogP contribution in [0.2, 0.25) is 0 Å². The molecule has 1 saturated heterocycles. The van der Waals surface area contributed by atoms with E-state index in [0.29, 0.717) is 19.5 Å².